The Morgan fingerprint density at radius 3 is 2.68 bits per heavy atom. The lowest BCUT2D eigenvalue weighted by atomic mass is 10.2. The van der Waals surface area contributed by atoms with Gasteiger partial charge in [0.25, 0.3) is 5.89 Å². The highest BCUT2D eigenvalue weighted by Gasteiger charge is 2.30. The summed E-state index contributed by atoms with van der Waals surface area (Å²) in [6.45, 7) is 1.90. The lowest BCUT2D eigenvalue weighted by Crippen LogP contribution is -2.52. The number of carbonyl (C=O) groups excluding carboxylic acids is 1. The van der Waals surface area contributed by atoms with E-state index in [9.17, 15) is 17.1 Å². The quantitative estimate of drug-likeness (QED) is 0.665. The molecule has 1 aliphatic rings. The molecule has 0 bridgehead atoms. The van der Waals surface area contributed by atoms with E-state index in [0.717, 1.165) is 10.0 Å². The Kier molecular flexibility index (Phi) is 6.30. The average Bonchev–Trinajstić information content (AvgIpc) is 3.15. The second-order valence-electron chi connectivity index (χ2n) is 6.21. The van der Waals surface area contributed by atoms with Crippen LogP contribution in [0.25, 0.3) is 11.5 Å². The highest BCUT2D eigenvalue weighted by Crippen LogP contribution is 2.23. The third kappa shape index (κ3) is 4.86. The Morgan fingerprint density at radius 2 is 2.07 bits per heavy atom. The van der Waals surface area contributed by atoms with Crippen molar-refractivity contribution in [3.63, 3.8) is 0 Å². The van der Waals surface area contributed by atoms with Crippen molar-refractivity contribution in [2.75, 3.05) is 26.2 Å². The van der Waals surface area contributed by atoms with Crippen molar-refractivity contribution in [3.05, 3.63) is 34.6 Å². The SMILES string of the molecule is CCC(NC(=O)N1CCN(S(=O)(=O)F)CC1)c1noc(-c2cccc(Br)c2)n1. The predicted octanol–water partition coefficient (Wildman–Crippen LogP) is 2.49. The van der Waals surface area contributed by atoms with E-state index in [-0.39, 0.29) is 26.2 Å². The molecule has 152 valence electrons. The van der Waals surface area contributed by atoms with Gasteiger partial charge in [-0.2, -0.15) is 17.7 Å². The third-order valence-electron chi connectivity index (χ3n) is 4.37. The highest BCUT2D eigenvalue weighted by atomic mass is 79.9. The molecule has 28 heavy (non-hydrogen) atoms. The number of hydrogen-bond donors (Lipinski definition) is 1. The van der Waals surface area contributed by atoms with Crippen molar-refractivity contribution >= 4 is 32.4 Å². The van der Waals surface area contributed by atoms with Crippen LogP contribution >= 0.6 is 15.9 Å². The molecule has 2 heterocycles. The highest BCUT2D eigenvalue weighted by molar-refractivity contribution is 9.10. The summed E-state index contributed by atoms with van der Waals surface area (Å²) in [5.41, 5.74) is 0.748. The minimum Gasteiger partial charge on any atom is -0.334 e. The largest absolute Gasteiger partial charge is 0.374 e. The van der Waals surface area contributed by atoms with Gasteiger partial charge in [-0.25, -0.2) is 4.79 Å². The van der Waals surface area contributed by atoms with Gasteiger partial charge in [-0.3, -0.25) is 0 Å². The molecular weight excluding hydrogens is 457 g/mol. The summed E-state index contributed by atoms with van der Waals surface area (Å²) >= 11 is 3.39. The van der Waals surface area contributed by atoms with Crippen LogP contribution in [0.3, 0.4) is 0 Å². The number of rotatable bonds is 5. The molecule has 1 atom stereocenters. The lowest BCUT2D eigenvalue weighted by molar-refractivity contribution is 0.166. The molecule has 1 N–H and O–H groups in total. The zero-order chi connectivity index (χ0) is 20.3. The van der Waals surface area contributed by atoms with Crippen LogP contribution in [0, 0.1) is 0 Å². The van der Waals surface area contributed by atoms with Gasteiger partial charge in [0.1, 0.15) is 0 Å². The lowest BCUT2D eigenvalue weighted by Gasteiger charge is -2.32. The normalized spacial score (nSPS) is 16.8. The summed E-state index contributed by atoms with van der Waals surface area (Å²) in [6, 6.07) is 6.54. The molecule has 1 saturated heterocycles. The molecule has 2 amide bonds. The molecule has 12 heteroatoms. The molecule has 0 radical (unpaired) electrons. The maximum absolute atomic E-state index is 13.0. The van der Waals surface area contributed by atoms with Crippen LogP contribution in [0.1, 0.15) is 25.2 Å². The fourth-order valence-electron chi connectivity index (χ4n) is 2.81. The van der Waals surface area contributed by atoms with E-state index < -0.39 is 22.5 Å². The van der Waals surface area contributed by atoms with Crippen molar-refractivity contribution in [3.8, 4) is 11.5 Å². The maximum Gasteiger partial charge on any atom is 0.374 e. The molecule has 1 fully saturated rings. The number of urea groups is 1. The summed E-state index contributed by atoms with van der Waals surface area (Å²) in [6.07, 6.45) is 0.530. The molecule has 1 unspecified atom stereocenters. The smallest absolute Gasteiger partial charge is 0.334 e. The first-order valence-electron chi connectivity index (χ1n) is 8.62. The van der Waals surface area contributed by atoms with Gasteiger partial charge in [-0.05, 0) is 24.6 Å². The van der Waals surface area contributed by atoms with Crippen molar-refractivity contribution in [2.45, 2.75) is 19.4 Å². The summed E-state index contributed by atoms with van der Waals surface area (Å²) in [4.78, 5) is 18.3. The van der Waals surface area contributed by atoms with E-state index in [4.69, 9.17) is 4.52 Å². The molecule has 3 rings (SSSR count). The predicted molar refractivity (Wildman–Crippen MR) is 102 cm³/mol. The molecule has 0 spiro atoms. The molecule has 0 saturated carbocycles. The Hall–Kier alpha value is -2.05. The van der Waals surface area contributed by atoms with E-state index in [2.05, 4.69) is 31.4 Å². The monoisotopic (exact) mass is 475 g/mol. The van der Waals surface area contributed by atoms with Crippen molar-refractivity contribution in [1.29, 1.82) is 0 Å². The Labute approximate surface area is 170 Å². The van der Waals surface area contributed by atoms with Crippen LogP contribution in [-0.4, -0.2) is 60.0 Å². The number of hydrogen-bond acceptors (Lipinski definition) is 6. The number of piperazine rings is 1. The van der Waals surface area contributed by atoms with Gasteiger partial charge in [-0.1, -0.05) is 38.0 Å². The van der Waals surface area contributed by atoms with Gasteiger partial charge < -0.3 is 14.7 Å². The van der Waals surface area contributed by atoms with Crippen LogP contribution in [0.15, 0.2) is 33.3 Å². The molecule has 1 aliphatic heterocycles. The fraction of sp³-hybridized carbons (Fsp3) is 0.438. The van der Waals surface area contributed by atoms with Gasteiger partial charge >= 0.3 is 16.4 Å². The van der Waals surface area contributed by atoms with Crippen LogP contribution in [0.5, 0.6) is 0 Å². The van der Waals surface area contributed by atoms with Crippen molar-refractivity contribution < 1.29 is 21.6 Å². The summed E-state index contributed by atoms with van der Waals surface area (Å²) in [5.74, 6) is 0.682. The average molecular weight is 476 g/mol. The zero-order valence-corrected chi connectivity index (χ0v) is 17.4. The second kappa shape index (κ2) is 8.53. The standard InChI is InChI=1S/C16H19BrFN5O4S/c1-2-13(14-20-15(27-21-14)11-4-3-5-12(17)10-11)19-16(24)22-6-8-23(9-7-22)28(18,25)26/h3-5,10,13H,2,6-9H2,1H3,(H,19,24). The second-order valence-corrected chi connectivity index (χ2v) is 8.46. The van der Waals surface area contributed by atoms with Crippen LogP contribution < -0.4 is 5.32 Å². The van der Waals surface area contributed by atoms with E-state index in [1.165, 1.54) is 4.90 Å². The topological polar surface area (TPSA) is 109 Å². The third-order valence-corrected chi connectivity index (χ3v) is 5.84. The van der Waals surface area contributed by atoms with E-state index in [0.29, 0.717) is 22.4 Å². The number of carbonyl (C=O) groups is 1. The van der Waals surface area contributed by atoms with Crippen molar-refractivity contribution in [1.82, 2.24) is 24.7 Å². The number of nitrogens with zero attached hydrogens (tertiary/aromatic N) is 4. The van der Waals surface area contributed by atoms with Crippen LogP contribution in [0.2, 0.25) is 0 Å². The molecule has 1 aromatic carbocycles. The fourth-order valence-corrected chi connectivity index (χ4v) is 3.81. The number of aromatic nitrogens is 2. The molecule has 1 aromatic heterocycles. The van der Waals surface area contributed by atoms with E-state index >= 15 is 0 Å². The van der Waals surface area contributed by atoms with Crippen LogP contribution in [-0.2, 0) is 10.4 Å². The maximum atomic E-state index is 13.0. The van der Waals surface area contributed by atoms with Gasteiger partial charge in [0.05, 0.1) is 6.04 Å². The first-order valence-corrected chi connectivity index (χ1v) is 10.8. The Balaban J connectivity index is 1.64. The summed E-state index contributed by atoms with van der Waals surface area (Å²) in [5, 5.41) is 6.78. The van der Waals surface area contributed by atoms with Crippen LogP contribution in [0.4, 0.5) is 8.68 Å². The Morgan fingerprint density at radius 1 is 1.36 bits per heavy atom. The number of amides is 2. The van der Waals surface area contributed by atoms with Gasteiger partial charge in [0.15, 0.2) is 5.82 Å². The number of benzene rings is 1. The first kappa shape index (κ1) is 20.7. The van der Waals surface area contributed by atoms with Crippen molar-refractivity contribution in [2.24, 2.45) is 0 Å². The Bertz CT molecular complexity index is 946. The molecule has 9 nitrogen and oxygen atoms in total. The van der Waals surface area contributed by atoms with Gasteiger partial charge in [0, 0.05) is 36.2 Å². The first-order chi connectivity index (χ1) is 13.3. The molecular formula is C16H19BrFN5O4S. The van der Waals surface area contributed by atoms with E-state index in [1.807, 2.05) is 31.2 Å². The van der Waals surface area contributed by atoms with Gasteiger partial charge in [0.2, 0.25) is 0 Å². The molecule has 0 aliphatic carbocycles. The minimum absolute atomic E-state index is 0.0850. The number of halogens is 2. The molecule has 2 aromatic rings. The summed E-state index contributed by atoms with van der Waals surface area (Å²) in [7, 11) is -4.73. The minimum atomic E-state index is -4.73. The van der Waals surface area contributed by atoms with E-state index in [1.54, 1.807) is 0 Å². The van der Waals surface area contributed by atoms with Gasteiger partial charge in [-0.15, -0.1) is 0 Å². The number of nitrogens with one attached hydrogen (secondary N) is 1. The summed E-state index contributed by atoms with van der Waals surface area (Å²) < 4.78 is 41.7. The zero-order valence-electron chi connectivity index (χ0n) is 15.0.